The summed E-state index contributed by atoms with van der Waals surface area (Å²) in [5, 5.41) is 19.1. The van der Waals surface area contributed by atoms with Gasteiger partial charge in [-0.15, -0.1) is 0 Å². The van der Waals surface area contributed by atoms with E-state index in [1.807, 2.05) is 0 Å². The van der Waals surface area contributed by atoms with Crippen LogP contribution >= 0.6 is 6.29 Å². The normalized spacial score (nSPS) is 14.4. The number of hydrogen-bond donors (Lipinski definition) is 3. The Balaban J connectivity index is 3.59. The molecule has 0 aliphatic heterocycles. The topological polar surface area (TPSA) is 87.0 Å². The van der Waals surface area contributed by atoms with Gasteiger partial charge in [0.2, 0.25) is 0 Å². The quantitative estimate of drug-likeness (QED) is 0.130. The van der Waals surface area contributed by atoms with Gasteiger partial charge in [0.05, 0.1) is 0 Å². The number of aliphatic hydroxyl groups excluding tert-OH is 2. The van der Waals surface area contributed by atoms with Crippen LogP contribution in [0.25, 0.3) is 0 Å². The second kappa shape index (κ2) is 17.4. The molecule has 0 saturated carbocycles. The first-order chi connectivity index (χ1) is 12.9. The van der Waals surface area contributed by atoms with E-state index in [0.717, 1.165) is 19.3 Å². The summed E-state index contributed by atoms with van der Waals surface area (Å²) in [4.78, 5) is 9.18. The van der Waals surface area contributed by atoms with E-state index in [-0.39, 0.29) is 19.8 Å². The molecule has 0 bridgehead atoms. The molecule has 7 heteroatoms. The fraction of sp³-hybridized carbons (Fsp3) is 1.00. The summed E-state index contributed by atoms with van der Waals surface area (Å²) in [6.45, 7) is 1.65. The van der Waals surface area contributed by atoms with Gasteiger partial charge < -0.3 is 0 Å². The molecule has 0 rings (SSSR count). The van der Waals surface area contributed by atoms with Gasteiger partial charge >= 0.3 is 123 Å². The summed E-state index contributed by atoms with van der Waals surface area (Å²) in [5.74, 6) is 0. The van der Waals surface area contributed by atoms with Gasteiger partial charge in [0.25, 0.3) is 0 Å². The Kier molecular flexibility index (Phi) is 17.8. The first-order valence-electron chi connectivity index (χ1n) is 10.8. The molecule has 0 aromatic heterocycles. The molecule has 1 atom stereocenters. The van der Waals surface area contributed by atoms with E-state index in [1.54, 1.807) is 0 Å². The summed E-state index contributed by atoms with van der Waals surface area (Å²) in [7, 11) is 0. The molecule has 0 heterocycles. The average molecular weight is 472 g/mol. The number of hydrogen-bond acceptors (Lipinski definition) is 4. The molecule has 0 radical (unpaired) electrons. The van der Waals surface area contributed by atoms with Gasteiger partial charge in [-0.1, -0.05) is 51.9 Å². The van der Waals surface area contributed by atoms with Crippen LogP contribution < -0.4 is 0 Å². The number of unbranched alkanes of at least 4 members (excludes halogenated alkanes) is 13. The van der Waals surface area contributed by atoms with E-state index in [2.05, 4.69) is 22.5 Å². The Morgan fingerprint density at radius 2 is 1.15 bits per heavy atom. The summed E-state index contributed by atoms with van der Waals surface area (Å²) >= 11 is 2.08. The predicted molar refractivity (Wildman–Crippen MR) is 113 cm³/mol. The minimum absolute atomic E-state index is 0.112. The van der Waals surface area contributed by atoms with Crippen LogP contribution in [0.5, 0.6) is 0 Å². The fourth-order valence-corrected chi connectivity index (χ4v) is 4.05. The van der Waals surface area contributed by atoms with Crippen molar-refractivity contribution in [2.45, 2.75) is 103 Å². The molecule has 0 aromatic rings. The van der Waals surface area contributed by atoms with Gasteiger partial charge in [-0.25, -0.2) is 0 Å². The molecule has 0 aromatic carbocycles. The summed E-state index contributed by atoms with van der Waals surface area (Å²) in [6.07, 6.45) is 14.8. The molecule has 0 aliphatic rings. The van der Waals surface area contributed by atoms with Gasteiger partial charge in [-0.2, -0.15) is 0 Å². The third-order valence-electron chi connectivity index (χ3n) is 5.27. The molecule has 0 saturated heterocycles. The second-order valence-corrected chi connectivity index (χ2v) is 12.0. The molecular weight excluding hydrogens is 430 g/mol. The zero-order chi connectivity index (χ0) is 20.4. The zero-order valence-corrected chi connectivity index (χ0v) is 19.8. The molecule has 0 aliphatic carbocycles. The Hall–Kier alpha value is 0.589. The van der Waals surface area contributed by atoms with Crippen LogP contribution in [0.1, 0.15) is 103 Å². The van der Waals surface area contributed by atoms with E-state index < -0.39 is 11.7 Å². The van der Waals surface area contributed by atoms with Crippen molar-refractivity contribution in [2.75, 3.05) is 19.8 Å². The maximum absolute atomic E-state index is 11.2. The summed E-state index contributed by atoms with van der Waals surface area (Å²) < 4.78 is 16.1. The van der Waals surface area contributed by atoms with E-state index in [1.165, 1.54) is 70.6 Å². The van der Waals surface area contributed by atoms with Gasteiger partial charge in [-0.05, 0) is 0 Å². The van der Waals surface area contributed by atoms with Gasteiger partial charge in [0, 0.05) is 0 Å². The second-order valence-electron chi connectivity index (χ2n) is 7.90. The Morgan fingerprint density at radius 1 is 0.778 bits per heavy atom. The monoisotopic (exact) mass is 473 g/mol. The molecular formula is C20H42O5PSe-. The molecule has 5 nitrogen and oxygen atoms in total. The first-order valence-corrected chi connectivity index (χ1v) is 14.6. The minimum atomic E-state index is -3.71. The van der Waals surface area contributed by atoms with Crippen LogP contribution in [-0.4, -0.2) is 50.5 Å². The van der Waals surface area contributed by atoms with Crippen molar-refractivity contribution in [3.63, 3.8) is 0 Å². The number of aliphatic hydroxyl groups is 2. The fourth-order valence-electron chi connectivity index (χ4n) is 3.28. The molecule has 1 unspecified atom stereocenters. The van der Waals surface area contributed by atoms with Crippen LogP contribution in [0.4, 0.5) is 0 Å². The van der Waals surface area contributed by atoms with Crippen molar-refractivity contribution >= 4 is 21.9 Å². The van der Waals surface area contributed by atoms with Crippen molar-refractivity contribution in [1.82, 2.24) is 0 Å². The van der Waals surface area contributed by atoms with E-state index in [9.17, 15) is 19.7 Å². The Morgan fingerprint density at radius 3 is 1.48 bits per heavy atom. The van der Waals surface area contributed by atoms with Crippen molar-refractivity contribution < 1.29 is 24.2 Å². The summed E-state index contributed by atoms with van der Waals surface area (Å²) in [5.41, 5.74) is -0.834. The van der Waals surface area contributed by atoms with Crippen LogP contribution in [-0.2, 0) is 9.09 Å². The van der Waals surface area contributed by atoms with Gasteiger partial charge in [-0.3, -0.25) is 0 Å². The third-order valence-corrected chi connectivity index (χ3v) is 6.38. The van der Waals surface area contributed by atoms with Crippen molar-refractivity contribution in [2.24, 2.45) is 5.41 Å². The third kappa shape index (κ3) is 17.2. The standard InChI is InChI=1S/C20H43O5PSe/c1-2-3-4-5-6-7-8-9-10-11-12-13-14-15-16-20(17-21,18-22)19-25-26(23,24)27/h21-22H,2-19H2,1H3,(H2,23,24,27)/p-1. The van der Waals surface area contributed by atoms with Crippen LogP contribution in [0.15, 0.2) is 0 Å². The SMILES string of the molecule is CCCCCCCCCCCCCCCCC(CO)(CO)COP(=O)(O)[Se-]. The molecule has 3 N–H and O–H groups in total. The molecule has 27 heavy (non-hydrogen) atoms. The predicted octanol–water partition coefficient (Wildman–Crippen LogP) is 5.11. The summed E-state index contributed by atoms with van der Waals surface area (Å²) in [6, 6.07) is 0. The van der Waals surface area contributed by atoms with Crippen LogP contribution in [0, 0.1) is 5.41 Å². The van der Waals surface area contributed by atoms with Crippen molar-refractivity contribution in [3.05, 3.63) is 0 Å². The van der Waals surface area contributed by atoms with E-state index in [4.69, 9.17) is 4.52 Å². The molecule has 0 spiro atoms. The van der Waals surface area contributed by atoms with Gasteiger partial charge in [0.15, 0.2) is 0 Å². The van der Waals surface area contributed by atoms with Crippen molar-refractivity contribution in [3.8, 4) is 0 Å². The first kappa shape index (κ1) is 27.6. The Bertz CT molecular complexity index is 371. The van der Waals surface area contributed by atoms with E-state index >= 15 is 0 Å². The van der Waals surface area contributed by atoms with Crippen LogP contribution in [0.2, 0.25) is 0 Å². The molecule has 0 amide bonds. The Labute approximate surface area is 174 Å². The zero-order valence-electron chi connectivity index (χ0n) is 17.2. The van der Waals surface area contributed by atoms with Crippen molar-refractivity contribution in [1.29, 1.82) is 0 Å². The average Bonchev–Trinajstić information content (AvgIpc) is 2.64. The molecule has 0 fully saturated rings. The van der Waals surface area contributed by atoms with Gasteiger partial charge in [0.1, 0.15) is 0 Å². The van der Waals surface area contributed by atoms with Crippen LogP contribution in [0.3, 0.4) is 0 Å². The number of rotatable bonds is 20. The molecule has 164 valence electrons. The van der Waals surface area contributed by atoms with E-state index in [0.29, 0.717) is 6.42 Å². The maximum atomic E-state index is 11.2.